The van der Waals surface area contributed by atoms with Crippen molar-refractivity contribution >= 4 is 12.1 Å². The minimum absolute atomic E-state index is 0.290. The van der Waals surface area contributed by atoms with Gasteiger partial charge in [-0.2, -0.15) is 0 Å². The predicted octanol–water partition coefficient (Wildman–Crippen LogP) is 1.48. The zero-order valence-corrected chi connectivity index (χ0v) is 11.7. The molecule has 6 nitrogen and oxygen atoms in total. The fraction of sp³-hybridized carbons (Fsp3) is 0.833. The molecule has 106 valence electrons. The Morgan fingerprint density at radius 3 is 2.17 bits per heavy atom. The molecule has 0 fully saturated rings. The van der Waals surface area contributed by atoms with E-state index in [9.17, 15) is 9.59 Å². The van der Waals surface area contributed by atoms with E-state index in [4.69, 9.17) is 15.6 Å². The summed E-state index contributed by atoms with van der Waals surface area (Å²) in [5.41, 5.74) is 4.29. The second-order valence-corrected chi connectivity index (χ2v) is 5.99. The molecule has 6 heteroatoms. The highest BCUT2D eigenvalue weighted by atomic mass is 16.6. The summed E-state index contributed by atoms with van der Waals surface area (Å²) >= 11 is 0. The Hall–Kier alpha value is -1.30. The molecule has 0 aromatic carbocycles. The van der Waals surface area contributed by atoms with E-state index in [0.29, 0.717) is 6.42 Å². The van der Waals surface area contributed by atoms with Gasteiger partial charge in [0.1, 0.15) is 11.6 Å². The number of nitrogens with two attached hydrogens (primary N) is 1. The van der Waals surface area contributed by atoms with Crippen LogP contribution in [-0.4, -0.2) is 34.4 Å². The van der Waals surface area contributed by atoms with Crippen LogP contribution in [0.3, 0.4) is 0 Å². The molecule has 0 aliphatic rings. The van der Waals surface area contributed by atoms with Gasteiger partial charge in [0.2, 0.25) is 0 Å². The molecule has 0 aliphatic carbocycles. The first-order valence-corrected chi connectivity index (χ1v) is 5.92. The van der Waals surface area contributed by atoms with E-state index in [1.807, 2.05) is 0 Å². The number of hydrogen-bond donors (Lipinski definition) is 3. The molecule has 1 amide bonds. The lowest BCUT2D eigenvalue weighted by Gasteiger charge is -2.29. The summed E-state index contributed by atoms with van der Waals surface area (Å²) in [4.78, 5) is 22.2. The smallest absolute Gasteiger partial charge is 0.408 e. The first-order valence-electron chi connectivity index (χ1n) is 5.92. The molecule has 0 aromatic rings. The van der Waals surface area contributed by atoms with Crippen LogP contribution in [0.25, 0.3) is 0 Å². The zero-order chi connectivity index (χ0) is 14.6. The normalized spacial score (nSPS) is 13.9. The van der Waals surface area contributed by atoms with Gasteiger partial charge >= 0.3 is 12.1 Å². The zero-order valence-electron chi connectivity index (χ0n) is 11.7. The predicted molar refractivity (Wildman–Crippen MR) is 68.3 cm³/mol. The third-order valence-corrected chi connectivity index (χ3v) is 2.24. The van der Waals surface area contributed by atoms with Crippen LogP contribution >= 0.6 is 0 Å². The van der Waals surface area contributed by atoms with Crippen LogP contribution in [0.4, 0.5) is 4.79 Å². The molecule has 0 saturated carbocycles. The quantitative estimate of drug-likeness (QED) is 0.695. The number of carboxylic acids is 1. The van der Waals surface area contributed by atoms with Crippen molar-refractivity contribution in [1.82, 2.24) is 5.32 Å². The van der Waals surface area contributed by atoms with Crippen molar-refractivity contribution < 1.29 is 19.4 Å². The Kier molecular flexibility index (Phi) is 5.60. The van der Waals surface area contributed by atoms with Crippen LogP contribution in [0, 0.1) is 0 Å². The lowest BCUT2D eigenvalue weighted by atomic mass is 9.96. The van der Waals surface area contributed by atoms with E-state index in [1.54, 1.807) is 34.6 Å². The first kappa shape index (κ1) is 16.7. The number of nitrogens with one attached hydrogen (secondary N) is 1. The summed E-state index contributed by atoms with van der Waals surface area (Å²) < 4.78 is 5.13. The number of ether oxygens (including phenoxy) is 1. The topological polar surface area (TPSA) is 102 Å². The first-order chi connectivity index (χ1) is 7.93. The molecule has 0 radical (unpaired) electrons. The lowest BCUT2D eigenvalue weighted by Crippen LogP contribution is -2.47. The van der Waals surface area contributed by atoms with Crippen LogP contribution in [0.5, 0.6) is 0 Å². The molecule has 0 bridgehead atoms. The van der Waals surface area contributed by atoms with Crippen LogP contribution in [0.15, 0.2) is 0 Å². The Labute approximate surface area is 108 Å². The van der Waals surface area contributed by atoms with Gasteiger partial charge in [0.05, 0.1) is 0 Å². The van der Waals surface area contributed by atoms with Gasteiger partial charge in [-0.25, -0.2) is 4.79 Å². The monoisotopic (exact) mass is 260 g/mol. The molecular weight excluding hydrogens is 236 g/mol. The Morgan fingerprint density at radius 1 is 1.28 bits per heavy atom. The van der Waals surface area contributed by atoms with Gasteiger partial charge in [0.25, 0.3) is 0 Å². The van der Waals surface area contributed by atoms with E-state index < -0.39 is 29.2 Å². The number of carbonyl (C=O) groups excluding carboxylic acids is 1. The van der Waals surface area contributed by atoms with Gasteiger partial charge in [-0.1, -0.05) is 0 Å². The highest BCUT2D eigenvalue weighted by Crippen LogP contribution is 2.14. The van der Waals surface area contributed by atoms with Crippen molar-refractivity contribution in [3.05, 3.63) is 0 Å². The number of aliphatic carboxylic acids is 1. The molecule has 18 heavy (non-hydrogen) atoms. The van der Waals surface area contributed by atoms with Gasteiger partial charge in [0.15, 0.2) is 0 Å². The summed E-state index contributed by atoms with van der Waals surface area (Å²) in [5.74, 6) is -1.04. The fourth-order valence-electron chi connectivity index (χ4n) is 1.28. The maximum absolute atomic E-state index is 11.6. The summed E-state index contributed by atoms with van der Waals surface area (Å²) in [7, 11) is 0. The van der Waals surface area contributed by atoms with Crippen LogP contribution in [0.2, 0.25) is 0 Å². The fourth-order valence-corrected chi connectivity index (χ4v) is 1.28. The van der Waals surface area contributed by atoms with Crippen molar-refractivity contribution in [2.75, 3.05) is 0 Å². The number of amides is 1. The van der Waals surface area contributed by atoms with Crippen molar-refractivity contribution in [3.8, 4) is 0 Å². The minimum atomic E-state index is -1.04. The van der Waals surface area contributed by atoms with Crippen molar-refractivity contribution in [2.24, 2.45) is 5.73 Å². The van der Waals surface area contributed by atoms with Gasteiger partial charge in [-0.05, 0) is 47.5 Å². The number of rotatable bonds is 5. The molecule has 0 spiro atoms. The minimum Gasteiger partial charge on any atom is -0.480 e. The molecule has 0 heterocycles. The highest BCUT2D eigenvalue weighted by Gasteiger charge is 2.26. The second-order valence-electron chi connectivity index (χ2n) is 5.99. The molecule has 0 unspecified atom stereocenters. The van der Waals surface area contributed by atoms with E-state index in [1.165, 1.54) is 0 Å². The molecule has 1 atom stereocenters. The van der Waals surface area contributed by atoms with Gasteiger partial charge in [-0.15, -0.1) is 0 Å². The van der Waals surface area contributed by atoms with E-state index >= 15 is 0 Å². The molecule has 0 rings (SSSR count). The van der Waals surface area contributed by atoms with Crippen LogP contribution in [-0.2, 0) is 9.53 Å². The molecular formula is C12H24N2O4. The average Bonchev–Trinajstić information content (AvgIpc) is 2.09. The summed E-state index contributed by atoms with van der Waals surface area (Å²) in [5, 5.41) is 11.4. The maximum atomic E-state index is 11.6. The standard InChI is InChI=1S/C12H24N2O4/c1-11(2,3)18-10(17)14-12(4,5)7-6-8(13)9(15)16/h8H,6-7,13H2,1-5H3,(H,14,17)(H,15,16)/t8-/m0/s1. The second kappa shape index (κ2) is 6.04. The molecule has 4 N–H and O–H groups in total. The Balaban J connectivity index is 4.22. The SMILES string of the molecule is CC(C)(CC[C@H](N)C(=O)O)NC(=O)OC(C)(C)C. The number of carbonyl (C=O) groups is 2. The van der Waals surface area contributed by atoms with E-state index in [0.717, 1.165) is 0 Å². The summed E-state index contributed by atoms with van der Waals surface area (Å²) in [6.45, 7) is 8.93. The van der Waals surface area contributed by atoms with Crippen molar-refractivity contribution in [1.29, 1.82) is 0 Å². The number of alkyl carbamates (subject to hydrolysis) is 1. The van der Waals surface area contributed by atoms with Gasteiger partial charge in [-0.3, -0.25) is 4.79 Å². The van der Waals surface area contributed by atoms with Crippen molar-refractivity contribution in [2.45, 2.75) is 64.6 Å². The third kappa shape index (κ3) is 7.89. The molecule has 0 aromatic heterocycles. The third-order valence-electron chi connectivity index (χ3n) is 2.24. The van der Waals surface area contributed by atoms with Crippen molar-refractivity contribution in [3.63, 3.8) is 0 Å². The maximum Gasteiger partial charge on any atom is 0.408 e. The molecule has 0 aliphatic heterocycles. The number of carboxylic acid groups (broad SMARTS) is 1. The van der Waals surface area contributed by atoms with Crippen LogP contribution < -0.4 is 11.1 Å². The number of hydrogen-bond acceptors (Lipinski definition) is 4. The van der Waals surface area contributed by atoms with E-state index in [-0.39, 0.29) is 6.42 Å². The van der Waals surface area contributed by atoms with Gasteiger partial charge < -0.3 is 20.9 Å². The van der Waals surface area contributed by atoms with Crippen LogP contribution in [0.1, 0.15) is 47.5 Å². The van der Waals surface area contributed by atoms with Gasteiger partial charge in [0, 0.05) is 5.54 Å². The largest absolute Gasteiger partial charge is 0.480 e. The summed E-state index contributed by atoms with van der Waals surface area (Å²) in [6, 6.07) is -0.912. The van der Waals surface area contributed by atoms with E-state index in [2.05, 4.69) is 5.32 Å². The summed E-state index contributed by atoms with van der Waals surface area (Å²) in [6.07, 6.45) is 0.231. The Bertz CT molecular complexity index is 308. The average molecular weight is 260 g/mol. The Morgan fingerprint density at radius 2 is 1.78 bits per heavy atom. The highest BCUT2D eigenvalue weighted by molar-refractivity contribution is 5.73. The molecule has 0 saturated heterocycles. The lowest BCUT2D eigenvalue weighted by molar-refractivity contribution is -0.138.